The predicted molar refractivity (Wildman–Crippen MR) is 116 cm³/mol. The second-order valence-electron chi connectivity index (χ2n) is 10.0. The van der Waals surface area contributed by atoms with E-state index in [9.17, 15) is 27.9 Å². The highest BCUT2D eigenvalue weighted by Crippen LogP contribution is 2.65. The molecule has 176 valence electrons. The van der Waals surface area contributed by atoms with E-state index in [0.717, 1.165) is 44.2 Å². The van der Waals surface area contributed by atoms with Crippen molar-refractivity contribution in [3.63, 3.8) is 0 Å². The molecule has 10 heteroatoms. The Balaban J connectivity index is 1.47. The van der Waals surface area contributed by atoms with Crippen LogP contribution >= 0.6 is 11.6 Å². The van der Waals surface area contributed by atoms with E-state index in [2.05, 4.69) is 10.4 Å². The molecule has 2 N–H and O–H groups in total. The molecule has 0 radical (unpaired) electrons. The first kappa shape index (κ1) is 22.3. The average molecular weight is 482 g/mol. The van der Waals surface area contributed by atoms with Crippen LogP contribution in [0.3, 0.4) is 0 Å². The number of hydrogen-bond acceptors (Lipinski definition) is 4. The Morgan fingerprint density at radius 2 is 1.94 bits per heavy atom. The standard InChI is InChI=1S/C23H23ClF3N3O3/c24-19-17(29-16-3-1-2-15(5-16)23(25,26)27)11-28-30(20(19)33)22-8-13-4-14(9-22)7-21(6-13,12-22)10-18(31)32/h1-3,5,11,13-14,29H,4,6-10,12H2,(H,31,32)/t13-,14+,21?,22?. The second kappa shape index (κ2) is 7.48. The van der Waals surface area contributed by atoms with Gasteiger partial charge < -0.3 is 10.4 Å². The van der Waals surface area contributed by atoms with Crippen molar-refractivity contribution in [2.45, 2.75) is 56.7 Å². The van der Waals surface area contributed by atoms with Crippen molar-refractivity contribution < 1.29 is 23.1 Å². The Bertz CT molecular complexity index is 1170. The molecule has 0 aliphatic heterocycles. The number of alkyl halides is 3. The number of carboxylic acids is 1. The molecule has 1 aromatic carbocycles. The molecule has 2 aromatic rings. The van der Waals surface area contributed by atoms with E-state index in [1.54, 1.807) is 0 Å². The summed E-state index contributed by atoms with van der Waals surface area (Å²) in [5, 5.41) is 16.5. The summed E-state index contributed by atoms with van der Waals surface area (Å²) in [6.45, 7) is 0. The molecular weight excluding hydrogens is 459 g/mol. The highest BCUT2D eigenvalue weighted by atomic mass is 35.5. The number of aliphatic carboxylic acids is 1. The predicted octanol–water partition coefficient (Wildman–Crippen LogP) is 5.43. The minimum absolute atomic E-state index is 0.0828. The van der Waals surface area contributed by atoms with Crippen molar-refractivity contribution in [1.82, 2.24) is 9.78 Å². The number of anilines is 2. The smallest absolute Gasteiger partial charge is 0.416 e. The molecule has 2 unspecified atom stereocenters. The maximum absolute atomic E-state index is 13.3. The van der Waals surface area contributed by atoms with Gasteiger partial charge in [0.1, 0.15) is 5.02 Å². The molecule has 4 aliphatic carbocycles. The number of hydrogen-bond donors (Lipinski definition) is 2. The van der Waals surface area contributed by atoms with Gasteiger partial charge in [0.2, 0.25) is 0 Å². The molecule has 6 nitrogen and oxygen atoms in total. The Kier molecular flexibility index (Phi) is 5.04. The van der Waals surface area contributed by atoms with Gasteiger partial charge in [-0.3, -0.25) is 9.59 Å². The van der Waals surface area contributed by atoms with Crippen molar-refractivity contribution in [3.05, 3.63) is 51.4 Å². The fourth-order valence-electron chi connectivity index (χ4n) is 6.96. The molecule has 1 aromatic heterocycles. The van der Waals surface area contributed by atoms with E-state index in [1.165, 1.54) is 23.0 Å². The molecule has 4 fully saturated rings. The van der Waals surface area contributed by atoms with Crippen LogP contribution in [0, 0.1) is 17.3 Å². The van der Waals surface area contributed by atoms with Gasteiger partial charge in [-0.05, 0) is 74.0 Å². The third-order valence-electron chi connectivity index (χ3n) is 7.51. The van der Waals surface area contributed by atoms with Crippen molar-refractivity contribution in [2.24, 2.45) is 17.3 Å². The molecule has 0 spiro atoms. The summed E-state index contributed by atoms with van der Waals surface area (Å²) < 4.78 is 40.5. The first-order valence-electron chi connectivity index (χ1n) is 10.9. The quantitative estimate of drug-likeness (QED) is 0.595. The number of aromatic nitrogens is 2. The third kappa shape index (κ3) is 3.90. The van der Waals surface area contributed by atoms with Gasteiger partial charge in [-0.1, -0.05) is 17.7 Å². The minimum Gasteiger partial charge on any atom is -0.481 e. The number of carbonyl (C=O) groups is 1. The van der Waals surface area contributed by atoms with Crippen molar-refractivity contribution >= 4 is 28.9 Å². The first-order chi connectivity index (χ1) is 15.5. The van der Waals surface area contributed by atoms with Gasteiger partial charge in [0, 0.05) is 5.69 Å². The fraction of sp³-hybridized carbons (Fsp3) is 0.522. The van der Waals surface area contributed by atoms with E-state index in [1.807, 2.05) is 0 Å². The van der Waals surface area contributed by atoms with Gasteiger partial charge >= 0.3 is 12.1 Å². The number of carboxylic acid groups (broad SMARTS) is 1. The summed E-state index contributed by atoms with van der Waals surface area (Å²) in [6.07, 6.45) is 1.80. The molecule has 33 heavy (non-hydrogen) atoms. The first-order valence-corrected chi connectivity index (χ1v) is 11.3. The lowest BCUT2D eigenvalue weighted by Gasteiger charge is -2.61. The number of rotatable bonds is 5. The van der Waals surface area contributed by atoms with Gasteiger partial charge in [-0.2, -0.15) is 18.3 Å². The molecule has 6 rings (SSSR count). The molecule has 4 bridgehead atoms. The van der Waals surface area contributed by atoms with Crippen LogP contribution in [0.5, 0.6) is 0 Å². The van der Waals surface area contributed by atoms with Crippen LogP contribution < -0.4 is 10.9 Å². The van der Waals surface area contributed by atoms with Gasteiger partial charge in [-0.25, -0.2) is 4.68 Å². The lowest BCUT2D eigenvalue weighted by atomic mass is 9.46. The zero-order valence-corrected chi connectivity index (χ0v) is 18.4. The SMILES string of the molecule is O=C(O)CC12C[C@H]3C[C@@H](C1)CC(n1ncc(Nc4cccc(C(F)(F)F)c4)c(Cl)c1=O)(C3)C2. The summed E-state index contributed by atoms with van der Waals surface area (Å²) in [7, 11) is 0. The van der Waals surface area contributed by atoms with E-state index in [0.29, 0.717) is 18.3 Å². The molecule has 0 amide bonds. The lowest BCUT2D eigenvalue weighted by molar-refractivity contribution is -0.151. The number of nitrogens with zero attached hydrogens (tertiary/aromatic N) is 2. The van der Waals surface area contributed by atoms with Crippen molar-refractivity contribution in [1.29, 1.82) is 0 Å². The molecule has 4 aliphatic rings. The van der Waals surface area contributed by atoms with Crippen LogP contribution in [0.4, 0.5) is 24.5 Å². The van der Waals surface area contributed by atoms with Crippen molar-refractivity contribution in [3.8, 4) is 0 Å². The largest absolute Gasteiger partial charge is 0.481 e. The van der Waals surface area contributed by atoms with Crippen LogP contribution in [0.2, 0.25) is 5.02 Å². The Hall–Kier alpha value is -2.55. The summed E-state index contributed by atoms with van der Waals surface area (Å²) in [5.74, 6) is -0.131. The Morgan fingerprint density at radius 3 is 2.58 bits per heavy atom. The summed E-state index contributed by atoms with van der Waals surface area (Å²) in [5.41, 5.74) is -1.97. The molecule has 4 saturated carbocycles. The van der Waals surface area contributed by atoms with E-state index in [4.69, 9.17) is 11.6 Å². The highest BCUT2D eigenvalue weighted by molar-refractivity contribution is 6.33. The maximum atomic E-state index is 13.3. The van der Waals surface area contributed by atoms with Crippen LogP contribution in [-0.4, -0.2) is 20.9 Å². The van der Waals surface area contributed by atoms with Gasteiger partial charge in [0.15, 0.2) is 0 Å². The molecule has 1 heterocycles. The summed E-state index contributed by atoms with van der Waals surface area (Å²) in [4.78, 5) is 24.8. The number of benzene rings is 1. The monoisotopic (exact) mass is 481 g/mol. The Labute approximate surface area is 192 Å². The van der Waals surface area contributed by atoms with Gasteiger partial charge in [0.25, 0.3) is 5.56 Å². The molecule has 4 atom stereocenters. The number of halogens is 4. The third-order valence-corrected chi connectivity index (χ3v) is 7.88. The van der Waals surface area contributed by atoms with E-state index >= 15 is 0 Å². The van der Waals surface area contributed by atoms with Gasteiger partial charge in [0.05, 0.1) is 29.4 Å². The highest BCUT2D eigenvalue weighted by Gasteiger charge is 2.59. The lowest BCUT2D eigenvalue weighted by Crippen LogP contribution is -2.59. The minimum atomic E-state index is -4.49. The van der Waals surface area contributed by atoms with E-state index < -0.39 is 28.8 Å². The zero-order valence-electron chi connectivity index (χ0n) is 17.7. The zero-order chi connectivity index (χ0) is 23.6. The van der Waals surface area contributed by atoms with E-state index in [-0.39, 0.29) is 28.2 Å². The fourth-order valence-corrected chi connectivity index (χ4v) is 7.14. The topological polar surface area (TPSA) is 84.2 Å². The normalized spacial score (nSPS) is 30.4. The second-order valence-corrected chi connectivity index (χ2v) is 10.4. The van der Waals surface area contributed by atoms with Gasteiger partial charge in [-0.15, -0.1) is 0 Å². The Morgan fingerprint density at radius 1 is 1.24 bits per heavy atom. The number of nitrogens with one attached hydrogen (secondary N) is 1. The van der Waals surface area contributed by atoms with Crippen LogP contribution in [-0.2, 0) is 16.5 Å². The van der Waals surface area contributed by atoms with Crippen LogP contribution in [0.15, 0.2) is 35.3 Å². The summed E-state index contributed by atoms with van der Waals surface area (Å²) >= 11 is 6.38. The molecule has 0 saturated heterocycles. The van der Waals surface area contributed by atoms with Crippen LogP contribution in [0.25, 0.3) is 0 Å². The van der Waals surface area contributed by atoms with Crippen LogP contribution in [0.1, 0.15) is 50.5 Å². The van der Waals surface area contributed by atoms with Crippen molar-refractivity contribution in [2.75, 3.05) is 5.32 Å². The maximum Gasteiger partial charge on any atom is 0.416 e. The molecular formula is C23H23ClF3N3O3. The summed E-state index contributed by atoms with van der Waals surface area (Å²) in [6, 6.07) is 4.62. The average Bonchev–Trinajstić information content (AvgIpc) is 2.69.